The van der Waals surface area contributed by atoms with Crippen LogP contribution in [0.1, 0.15) is 55.1 Å². The molecule has 0 spiro atoms. The number of halogens is 1. The second kappa shape index (κ2) is 5.53. The Kier molecular flexibility index (Phi) is 3.91. The highest BCUT2D eigenvalue weighted by molar-refractivity contribution is 9.10. The molecule has 1 aromatic rings. The number of carbonyl (C=O) groups excluding carboxylic acids is 1. The van der Waals surface area contributed by atoms with Gasteiger partial charge in [0, 0.05) is 35.8 Å². The summed E-state index contributed by atoms with van der Waals surface area (Å²) in [6, 6.07) is 3.13. The molecule has 110 valence electrons. The Morgan fingerprint density at radius 2 is 1.95 bits per heavy atom. The number of rotatable bonds is 3. The molecule has 2 aliphatic carbocycles. The number of hydrogen-bond acceptors (Lipinski definition) is 2. The highest BCUT2D eigenvalue weighted by Crippen LogP contribution is 2.38. The average Bonchev–Trinajstić information content (AvgIpc) is 3.21. The standard InChI is InChI=1S/C15H22BrN3O/c1-18(12-4-2-11(17)3-5-12)15(20)14-8-10(16)9-19(14)13-6-7-13/h8-9,11-13H,2-7,17H2,1H3. The van der Waals surface area contributed by atoms with Crippen molar-refractivity contribution in [1.29, 1.82) is 0 Å². The molecule has 2 aliphatic rings. The normalized spacial score (nSPS) is 26.6. The third kappa shape index (κ3) is 2.79. The first-order valence-electron chi connectivity index (χ1n) is 7.46. The molecule has 20 heavy (non-hydrogen) atoms. The van der Waals surface area contributed by atoms with Crippen LogP contribution in [-0.2, 0) is 0 Å². The van der Waals surface area contributed by atoms with Gasteiger partial charge < -0.3 is 15.2 Å². The van der Waals surface area contributed by atoms with Gasteiger partial charge in [0.05, 0.1) is 0 Å². The van der Waals surface area contributed by atoms with Crippen molar-refractivity contribution in [1.82, 2.24) is 9.47 Å². The molecule has 1 amide bonds. The Morgan fingerprint density at radius 3 is 2.55 bits per heavy atom. The number of nitrogens with two attached hydrogens (primary N) is 1. The van der Waals surface area contributed by atoms with E-state index in [-0.39, 0.29) is 5.91 Å². The van der Waals surface area contributed by atoms with Crippen LogP contribution in [0.5, 0.6) is 0 Å². The lowest BCUT2D eigenvalue weighted by atomic mass is 9.91. The van der Waals surface area contributed by atoms with Gasteiger partial charge in [-0.1, -0.05) is 0 Å². The van der Waals surface area contributed by atoms with E-state index in [1.165, 1.54) is 12.8 Å². The Hall–Kier alpha value is -0.810. The number of aromatic nitrogens is 1. The zero-order chi connectivity index (χ0) is 14.3. The first-order chi connectivity index (χ1) is 9.56. The molecule has 0 bridgehead atoms. The molecule has 1 aromatic heterocycles. The fourth-order valence-corrected chi connectivity index (χ4v) is 3.54. The maximum atomic E-state index is 12.7. The summed E-state index contributed by atoms with van der Waals surface area (Å²) in [5, 5.41) is 0. The summed E-state index contributed by atoms with van der Waals surface area (Å²) < 4.78 is 3.13. The Morgan fingerprint density at radius 1 is 1.30 bits per heavy atom. The molecule has 0 unspecified atom stereocenters. The van der Waals surface area contributed by atoms with Crippen LogP contribution < -0.4 is 5.73 Å². The van der Waals surface area contributed by atoms with Gasteiger partial charge in [0.2, 0.25) is 0 Å². The molecule has 2 fully saturated rings. The molecule has 0 aliphatic heterocycles. The van der Waals surface area contributed by atoms with Crippen molar-refractivity contribution < 1.29 is 4.79 Å². The molecule has 1 heterocycles. The van der Waals surface area contributed by atoms with Gasteiger partial charge in [-0.2, -0.15) is 0 Å². The van der Waals surface area contributed by atoms with Crippen LogP contribution in [0, 0.1) is 0 Å². The van der Waals surface area contributed by atoms with Crippen LogP contribution in [0.2, 0.25) is 0 Å². The Bertz CT molecular complexity index is 501. The predicted octanol–water partition coefficient (Wildman–Crippen LogP) is 2.93. The predicted molar refractivity (Wildman–Crippen MR) is 82.7 cm³/mol. The van der Waals surface area contributed by atoms with Gasteiger partial charge in [0.15, 0.2) is 0 Å². The summed E-state index contributed by atoms with van der Waals surface area (Å²) in [5.74, 6) is 0.142. The second-order valence-corrected chi connectivity index (χ2v) is 7.08. The topological polar surface area (TPSA) is 51.3 Å². The fourth-order valence-electron chi connectivity index (χ4n) is 3.11. The third-order valence-corrected chi connectivity index (χ3v) is 5.02. The van der Waals surface area contributed by atoms with Crippen LogP contribution in [0.4, 0.5) is 0 Å². The van der Waals surface area contributed by atoms with Crippen molar-refractivity contribution in [2.45, 2.75) is 56.7 Å². The lowest BCUT2D eigenvalue weighted by molar-refractivity contribution is 0.0679. The summed E-state index contributed by atoms with van der Waals surface area (Å²) in [6.45, 7) is 0. The van der Waals surface area contributed by atoms with E-state index in [0.717, 1.165) is 35.8 Å². The van der Waals surface area contributed by atoms with E-state index in [1.807, 2.05) is 24.2 Å². The molecule has 2 N–H and O–H groups in total. The van der Waals surface area contributed by atoms with Crippen molar-refractivity contribution >= 4 is 21.8 Å². The molecule has 0 saturated heterocycles. The first-order valence-corrected chi connectivity index (χ1v) is 8.25. The van der Waals surface area contributed by atoms with Crippen LogP contribution >= 0.6 is 15.9 Å². The number of hydrogen-bond donors (Lipinski definition) is 1. The van der Waals surface area contributed by atoms with Gasteiger partial charge in [0.1, 0.15) is 5.69 Å². The molecule has 5 heteroatoms. The zero-order valence-corrected chi connectivity index (χ0v) is 13.5. The molecular formula is C15H22BrN3O. The van der Waals surface area contributed by atoms with Crippen molar-refractivity contribution in [2.24, 2.45) is 5.73 Å². The van der Waals surface area contributed by atoms with E-state index in [2.05, 4.69) is 20.5 Å². The Labute approximate surface area is 128 Å². The minimum absolute atomic E-state index is 0.142. The number of nitrogens with zero attached hydrogens (tertiary/aromatic N) is 2. The minimum atomic E-state index is 0.142. The van der Waals surface area contributed by atoms with Gasteiger partial charge in [0.25, 0.3) is 5.91 Å². The molecule has 2 saturated carbocycles. The van der Waals surface area contributed by atoms with E-state index in [4.69, 9.17) is 5.73 Å². The van der Waals surface area contributed by atoms with Gasteiger partial charge in [-0.05, 0) is 60.5 Å². The van der Waals surface area contributed by atoms with Crippen LogP contribution in [-0.4, -0.2) is 34.5 Å². The van der Waals surface area contributed by atoms with Crippen molar-refractivity contribution in [3.63, 3.8) is 0 Å². The SMILES string of the molecule is CN(C(=O)c1cc(Br)cn1C1CC1)C1CCC(N)CC1. The van der Waals surface area contributed by atoms with Gasteiger partial charge in [-0.3, -0.25) is 4.79 Å². The summed E-state index contributed by atoms with van der Waals surface area (Å²) in [4.78, 5) is 14.7. The molecule has 3 rings (SSSR count). The van der Waals surface area contributed by atoms with Gasteiger partial charge in [-0.15, -0.1) is 0 Å². The minimum Gasteiger partial charge on any atom is -0.339 e. The third-order valence-electron chi connectivity index (χ3n) is 4.58. The second-order valence-electron chi connectivity index (χ2n) is 6.17. The highest BCUT2D eigenvalue weighted by Gasteiger charge is 2.31. The molecular weight excluding hydrogens is 318 g/mol. The zero-order valence-electron chi connectivity index (χ0n) is 11.9. The number of carbonyl (C=O) groups is 1. The Balaban J connectivity index is 1.74. The van der Waals surface area contributed by atoms with Gasteiger partial charge >= 0.3 is 0 Å². The largest absolute Gasteiger partial charge is 0.339 e. The van der Waals surface area contributed by atoms with Crippen LogP contribution in [0.25, 0.3) is 0 Å². The monoisotopic (exact) mass is 339 g/mol. The van der Waals surface area contributed by atoms with Crippen molar-refractivity contribution in [2.75, 3.05) is 7.05 Å². The van der Waals surface area contributed by atoms with E-state index in [9.17, 15) is 4.79 Å². The quantitative estimate of drug-likeness (QED) is 0.920. The molecule has 0 radical (unpaired) electrons. The molecule has 0 aromatic carbocycles. The smallest absolute Gasteiger partial charge is 0.270 e. The molecule has 0 atom stereocenters. The summed E-state index contributed by atoms with van der Waals surface area (Å²) >= 11 is 3.49. The lowest BCUT2D eigenvalue weighted by Crippen LogP contribution is -2.42. The maximum absolute atomic E-state index is 12.7. The van der Waals surface area contributed by atoms with Crippen LogP contribution in [0.15, 0.2) is 16.7 Å². The lowest BCUT2D eigenvalue weighted by Gasteiger charge is -2.33. The van der Waals surface area contributed by atoms with E-state index in [0.29, 0.717) is 18.1 Å². The summed E-state index contributed by atoms with van der Waals surface area (Å²) in [5.41, 5.74) is 6.76. The first kappa shape index (κ1) is 14.1. The summed E-state index contributed by atoms with van der Waals surface area (Å²) in [7, 11) is 1.93. The highest BCUT2D eigenvalue weighted by atomic mass is 79.9. The van der Waals surface area contributed by atoms with E-state index >= 15 is 0 Å². The number of amides is 1. The van der Waals surface area contributed by atoms with Crippen molar-refractivity contribution in [3.8, 4) is 0 Å². The van der Waals surface area contributed by atoms with Crippen molar-refractivity contribution in [3.05, 3.63) is 22.4 Å². The fraction of sp³-hybridized carbons (Fsp3) is 0.667. The summed E-state index contributed by atoms with van der Waals surface area (Å²) in [6.07, 6.45) is 8.50. The van der Waals surface area contributed by atoms with Crippen LogP contribution in [0.3, 0.4) is 0 Å². The van der Waals surface area contributed by atoms with E-state index < -0.39 is 0 Å². The molecule has 4 nitrogen and oxygen atoms in total. The van der Waals surface area contributed by atoms with E-state index in [1.54, 1.807) is 0 Å². The maximum Gasteiger partial charge on any atom is 0.270 e. The average molecular weight is 340 g/mol. The van der Waals surface area contributed by atoms with Gasteiger partial charge in [-0.25, -0.2) is 0 Å².